The van der Waals surface area contributed by atoms with Crippen LogP contribution < -0.4 is 16.0 Å². The van der Waals surface area contributed by atoms with Crippen LogP contribution in [0.15, 0.2) is 28.4 Å². The van der Waals surface area contributed by atoms with Crippen molar-refractivity contribution in [1.29, 1.82) is 0 Å². The molecule has 0 aliphatic carbocycles. The maximum Gasteiger partial charge on any atom is 0.129 e. The largest absolute Gasteiger partial charge is 0.465 e. The van der Waals surface area contributed by atoms with Gasteiger partial charge in [-0.3, -0.25) is 0 Å². The fraction of sp³-hybridized carbons (Fsp3) is 0.467. The van der Waals surface area contributed by atoms with E-state index < -0.39 is 0 Å². The molecule has 1 fully saturated rings. The van der Waals surface area contributed by atoms with Crippen molar-refractivity contribution in [2.75, 3.05) is 19.0 Å². The molecule has 1 N–H and O–H groups in total. The summed E-state index contributed by atoms with van der Waals surface area (Å²) in [6, 6.07) is 1.98. The molecule has 0 spiro atoms. The molecule has 19 heavy (non-hydrogen) atoms. The minimum atomic E-state index is -0.278. The minimum absolute atomic E-state index is 0.0215. The Labute approximate surface area is 117 Å². The van der Waals surface area contributed by atoms with Crippen LogP contribution in [0, 0.1) is 0 Å². The topological polar surface area (TPSA) is 25.2 Å². The third kappa shape index (κ3) is 3.74. The molecular weight excluding hydrogens is 261 g/mol. The molecule has 104 valence electrons. The Kier molecular flexibility index (Phi) is 5.28. The molecule has 2 atom stereocenters. The molecule has 1 aliphatic heterocycles. The van der Waals surface area contributed by atoms with Gasteiger partial charge in [-0.15, -0.1) is 0 Å². The van der Waals surface area contributed by atoms with Crippen molar-refractivity contribution >= 4 is 23.9 Å². The van der Waals surface area contributed by atoms with Gasteiger partial charge in [0.1, 0.15) is 12.1 Å². The van der Waals surface area contributed by atoms with E-state index in [1.807, 2.05) is 30.8 Å². The maximum absolute atomic E-state index is 12.5. The van der Waals surface area contributed by atoms with E-state index in [1.165, 1.54) is 5.57 Å². The van der Waals surface area contributed by atoms with E-state index >= 15 is 0 Å². The van der Waals surface area contributed by atoms with Crippen molar-refractivity contribution in [3.05, 3.63) is 34.6 Å². The van der Waals surface area contributed by atoms with E-state index in [2.05, 4.69) is 24.4 Å². The fourth-order valence-corrected chi connectivity index (χ4v) is 3.27. The predicted molar refractivity (Wildman–Crippen MR) is 80.3 cm³/mol. The van der Waals surface area contributed by atoms with Gasteiger partial charge >= 0.3 is 0 Å². The molecule has 1 aromatic heterocycles. The van der Waals surface area contributed by atoms with Gasteiger partial charge in [0.25, 0.3) is 0 Å². The SMILES string of the molecule is C/C=c1/occ/c1=C/C=C(\C)C1CNC(CF)CS1. The second kappa shape index (κ2) is 6.96. The van der Waals surface area contributed by atoms with Crippen molar-refractivity contribution in [1.82, 2.24) is 5.32 Å². The van der Waals surface area contributed by atoms with Gasteiger partial charge in [-0.2, -0.15) is 11.8 Å². The average Bonchev–Trinajstić information content (AvgIpc) is 2.92. The van der Waals surface area contributed by atoms with Gasteiger partial charge in [0.05, 0.1) is 6.26 Å². The summed E-state index contributed by atoms with van der Waals surface area (Å²) in [5.41, 5.74) is 2.20. The number of halogens is 1. The van der Waals surface area contributed by atoms with Gasteiger partial charge in [-0.25, -0.2) is 4.39 Å². The van der Waals surface area contributed by atoms with Crippen LogP contribution in [0.3, 0.4) is 0 Å². The van der Waals surface area contributed by atoms with Crippen LogP contribution >= 0.6 is 11.8 Å². The molecule has 1 saturated heterocycles. The quantitative estimate of drug-likeness (QED) is 0.915. The highest BCUT2D eigenvalue weighted by molar-refractivity contribution is 8.00. The Morgan fingerprint density at radius 1 is 1.63 bits per heavy atom. The van der Waals surface area contributed by atoms with Crippen LogP contribution in [-0.2, 0) is 0 Å². The molecule has 4 heteroatoms. The maximum atomic E-state index is 12.5. The Morgan fingerprint density at radius 2 is 2.47 bits per heavy atom. The number of alkyl halides is 1. The van der Waals surface area contributed by atoms with Gasteiger partial charge in [0.15, 0.2) is 0 Å². The van der Waals surface area contributed by atoms with Gasteiger partial charge in [-0.05, 0) is 26.0 Å². The minimum Gasteiger partial charge on any atom is -0.465 e. The smallest absolute Gasteiger partial charge is 0.129 e. The number of thioether (sulfide) groups is 1. The summed E-state index contributed by atoms with van der Waals surface area (Å²) < 4.78 is 17.9. The summed E-state index contributed by atoms with van der Waals surface area (Å²) in [4.78, 5) is 0. The van der Waals surface area contributed by atoms with E-state index in [1.54, 1.807) is 6.26 Å². The number of allylic oxidation sites excluding steroid dienone is 1. The number of furan rings is 1. The lowest BCUT2D eigenvalue weighted by atomic mass is 10.1. The summed E-state index contributed by atoms with van der Waals surface area (Å²) in [6.45, 7) is 4.65. The van der Waals surface area contributed by atoms with Crippen LogP contribution in [-0.4, -0.2) is 30.3 Å². The molecule has 1 aliphatic rings. The van der Waals surface area contributed by atoms with Gasteiger partial charge < -0.3 is 9.73 Å². The Hall–Kier alpha value is -1.00. The third-order valence-corrected chi connectivity index (χ3v) is 4.84. The van der Waals surface area contributed by atoms with Crippen molar-refractivity contribution in [3.63, 3.8) is 0 Å². The summed E-state index contributed by atoms with van der Waals surface area (Å²) >= 11 is 1.83. The first-order valence-electron chi connectivity index (χ1n) is 6.54. The highest BCUT2D eigenvalue weighted by atomic mass is 32.2. The third-order valence-electron chi connectivity index (χ3n) is 3.30. The first kappa shape index (κ1) is 14.4. The molecule has 2 nitrogen and oxygen atoms in total. The van der Waals surface area contributed by atoms with Gasteiger partial charge in [-0.1, -0.05) is 17.7 Å². The summed E-state index contributed by atoms with van der Waals surface area (Å²) in [5.74, 6) is 0.839. The Morgan fingerprint density at radius 3 is 3.11 bits per heavy atom. The van der Waals surface area contributed by atoms with Crippen molar-refractivity contribution in [3.8, 4) is 0 Å². The lowest BCUT2D eigenvalue weighted by molar-refractivity contribution is 0.393. The van der Waals surface area contributed by atoms with Gasteiger partial charge in [0, 0.05) is 28.8 Å². The summed E-state index contributed by atoms with van der Waals surface area (Å²) in [6.07, 6.45) is 7.87. The Balaban J connectivity index is 2.06. The number of rotatable bonds is 3. The van der Waals surface area contributed by atoms with Crippen LogP contribution in [0.1, 0.15) is 13.8 Å². The number of hydrogen-bond donors (Lipinski definition) is 1. The van der Waals surface area contributed by atoms with Crippen LogP contribution in [0.2, 0.25) is 0 Å². The zero-order valence-corrected chi connectivity index (χ0v) is 12.2. The molecular formula is C15H20FNOS. The van der Waals surface area contributed by atoms with Crippen LogP contribution in [0.5, 0.6) is 0 Å². The highest BCUT2D eigenvalue weighted by Gasteiger charge is 2.21. The lowest BCUT2D eigenvalue weighted by Crippen LogP contribution is -2.43. The standard InChI is InChI=1S/C15H20FNOS/c1-3-14-12(6-7-18-14)5-4-11(2)15-9-17-13(8-16)10-19-15/h3-7,13,15,17H,8-10H2,1-2H3/b11-4+,12-5-,14-3+. The monoisotopic (exact) mass is 281 g/mol. The van der Waals surface area contributed by atoms with E-state index in [0.717, 1.165) is 22.9 Å². The molecule has 2 heterocycles. The van der Waals surface area contributed by atoms with E-state index in [0.29, 0.717) is 5.25 Å². The van der Waals surface area contributed by atoms with Crippen molar-refractivity contribution < 1.29 is 8.81 Å². The van der Waals surface area contributed by atoms with Gasteiger partial charge in [0.2, 0.25) is 0 Å². The van der Waals surface area contributed by atoms with Crippen molar-refractivity contribution in [2.24, 2.45) is 0 Å². The first-order valence-corrected chi connectivity index (χ1v) is 7.58. The molecule has 0 amide bonds. The van der Waals surface area contributed by atoms with Crippen LogP contribution in [0.25, 0.3) is 12.2 Å². The molecule has 0 bridgehead atoms. The second-order valence-corrected chi connectivity index (χ2v) is 5.92. The molecule has 2 unspecified atom stereocenters. The van der Waals surface area contributed by atoms with E-state index in [4.69, 9.17) is 4.42 Å². The normalized spacial score (nSPS) is 27.0. The predicted octanol–water partition coefficient (Wildman–Crippen LogP) is 1.85. The second-order valence-electron chi connectivity index (χ2n) is 4.69. The molecule has 0 aromatic carbocycles. The highest BCUT2D eigenvalue weighted by Crippen LogP contribution is 2.23. The number of nitrogens with one attached hydrogen (secondary N) is 1. The average molecular weight is 281 g/mol. The molecule has 0 radical (unpaired) electrons. The molecule has 1 aromatic rings. The zero-order chi connectivity index (χ0) is 13.7. The van der Waals surface area contributed by atoms with Crippen molar-refractivity contribution in [2.45, 2.75) is 25.1 Å². The molecule has 0 saturated carbocycles. The Bertz CT molecular complexity index is 541. The van der Waals surface area contributed by atoms with E-state index in [9.17, 15) is 4.39 Å². The fourth-order valence-electron chi connectivity index (χ4n) is 2.05. The molecule has 2 rings (SSSR count). The lowest BCUT2D eigenvalue weighted by Gasteiger charge is -2.28. The zero-order valence-electron chi connectivity index (χ0n) is 11.4. The van der Waals surface area contributed by atoms with Crippen LogP contribution in [0.4, 0.5) is 4.39 Å². The first-order chi connectivity index (χ1) is 9.24. The number of hydrogen-bond acceptors (Lipinski definition) is 3. The van der Waals surface area contributed by atoms with E-state index in [-0.39, 0.29) is 12.7 Å². The summed E-state index contributed by atoms with van der Waals surface area (Å²) in [7, 11) is 0. The summed E-state index contributed by atoms with van der Waals surface area (Å²) in [5, 5.41) is 4.77.